The highest BCUT2D eigenvalue weighted by atomic mass is 16.5. The molecule has 0 amide bonds. The lowest BCUT2D eigenvalue weighted by atomic mass is 10.3. The summed E-state index contributed by atoms with van der Waals surface area (Å²) < 4.78 is 5.09. The maximum Gasteiger partial charge on any atom is 0.307 e. The number of unbranched alkanes of at least 4 members (excludes halogenated alkanes) is 1. The van der Waals surface area contributed by atoms with Gasteiger partial charge in [-0.25, -0.2) is 0 Å². The van der Waals surface area contributed by atoms with Crippen LogP contribution in [0.5, 0.6) is 0 Å². The molecular formula is C11H22N2O2. The second-order valence-electron chi connectivity index (χ2n) is 3.92. The molecule has 1 aliphatic heterocycles. The molecule has 0 atom stereocenters. The number of ether oxygens (including phenoxy) is 1. The Bertz CT molecular complexity index is 179. The SMILES string of the molecule is CCCCOC(=O)CCN1CCNCC1. The maximum absolute atomic E-state index is 11.3. The zero-order chi connectivity index (χ0) is 10.9. The minimum absolute atomic E-state index is 0.0537. The van der Waals surface area contributed by atoms with Gasteiger partial charge < -0.3 is 15.0 Å². The average Bonchev–Trinajstić information content (AvgIpc) is 2.28. The van der Waals surface area contributed by atoms with Crippen molar-refractivity contribution in [3.63, 3.8) is 0 Å². The molecule has 0 bridgehead atoms. The molecule has 0 aromatic carbocycles. The quantitative estimate of drug-likeness (QED) is 0.520. The van der Waals surface area contributed by atoms with Gasteiger partial charge in [-0.3, -0.25) is 4.79 Å². The largest absolute Gasteiger partial charge is 0.466 e. The summed E-state index contributed by atoms with van der Waals surface area (Å²) in [6.07, 6.45) is 2.58. The second kappa shape index (κ2) is 7.65. The van der Waals surface area contributed by atoms with E-state index in [1.807, 2.05) is 0 Å². The molecule has 0 unspecified atom stereocenters. The van der Waals surface area contributed by atoms with E-state index >= 15 is 0 Å². The lowest BCUT2D eigenvalue weighted by molar-refractivity contribution is -0.144. The molecule has 1 rings (SSSR count). The van der Waals surface area contributed by atoms with Crippen LogP contribution in [0.2, 0.25) is 0 Å². The normalized spacial score (nSPS) is 17.7. The number of hydrogen-bond donors (Lipinski definition) is 1. The Balaban J connectivity index is 2.00. The molecule has 4 nitrogen and oxygen atoms in total. The van der Waals surface area contributed by atoms with E-state index in [0.29, 0.717) is 13.0 Å². The molecule has 1 heterocycles. The monoisotopic (exact) mass is 214 g/mol. The van der Waals surface area contributed by atoms with Gasteiger partial charge in [0, 0.05) is 32.7 Å². The summed E-state index contributed by atoms with van der Waals surface area (Å²) in [5.74, 6) is -0.0537. The Morgan fingerprint density at radius 1 is 1.40 bits per heavy atom. The predicted molar refractivity (Wildman–Crippen MR) is 59.8 cm³/mol. The van der Waals surface area contributed by atoms with Crippen molar-refractivity contribution >= 4 is 5.97 Å². The molecule has 1 fully saturated rings. The van der Waals surface area contributed by atoms with Crippen molar-refractivity contribution in [1.29, 1.82) is 0 Å². The molecule has 1 aliphatic rings. The molecule has 15 heavy (non-hydrogen) atoms. The summed E-state index contributed by atoms with van der Waals surface area (Å²) in [7, 11) is 0. The Hall–Kier alpha value is -0.610. The van der Waals surface area contributed by atoms with Crippen molar-refractivity contribution in [1.82, 2.24) is 10.2 Å². The Morgan fingerprint density at radius 3 is 2.80 bits per heavy atom. The van der Waals surface area contributed by atoms with Crippen LogP contribution in [0, 0.1) is 0 Å². The van der Waals surface area contributed by atoms with Gasteiger partial charge in [0.2, 0.25) is 0 Å². The van der Waals surface area contributed by atoms with Crippen LogP contribution in [0.1, 0.15) is 26.2 Å². The van der Waals surface area contributed by atoms with Gasteiger partial charge in [-0.15, -0.1) is 0 Å². The van der Waals surface area contributed by atoms with E-state index in [9.17, 15) is 4.79 Å². The van der Waals surface area contributed by atoms with Crippen LogP contribution in [0.25, 0.3) is 0 Å². The van der Waals surface area contributed by atoms with Crippen molar-refractivity contribution < 1.29 is 9.53 Å². The van der Waals surface area contributed by atoms with Gasteiger partial charge in [-0.05, 0) is 6.42 Å². The summed E-state index contributed by atoms with van der Waals surface area (Å²) in [4.78, 5) is 13.6. The van der Waals surface area contributed by atoms with Crippen LogP contribution in [0.15, 0.2) is 0 Å². The highest BCUT2D eigenvalue weighted by molar-refractivity contribution is 5.69. The fourth-order valence-electron chi connectivity index (χ4n) is 1.59. The summed E-state index contributed by atoms with van der Waals surface area (Å²) in [6, 6.07) is 0. The molecule has 0 aliphatic carbocycles. The fourth-order valence-corrected chi connectivity index (χ4v) is 1.59. The predicted octanol–water partition coefficient (Wildman–Crippen LogP) is 0.625. The maximum atomic E-state index is 11.3. The Morgan fingerprint density at radius 2 is 2.13 bits per heavy atom. The van der Waals surface area contributed by atoms with Crippen molar-refractivity contribution in [3.8, 4) is 0 Å². The van der Waals surface area contributed by atoms with E-state index < -0.39 is 0 Å². The van der Waals surface area contributed by atoms with Gasteiger partial charge in [-0.2, -0.15) is 0 Å². The van der Waals surface area contributed by atoms with Gasteiger partial charge in [0.15, 0.2) is 0 Å². The average molecular weight is 214 g/mol. The second-order valence-corrected chi connectivity index (χ2v) is 3.92. The molecule has 0 saturated carbocycles. The van der Waals surface area contributed by atoms with Crippen LogP contribution in [0.4, 0.5) is 0 Å². The summed E-state index contributed by atoms with van der Waals surface area (Å²) in [5, 5.41) is 3.29. The van der Waals surface area contributed by atoms with Crippen LogP contribution in [0.3, 0.4) is 0 Å². The van der Waals surface area contributed by atoms with Crippen LogP contribution in [-0.4, -0.2) is 50.2 Å². The zero-order valence-electron chi connectivity index (χ0n) is 9.63. The third kappa shape index (κ3) is 5.74. The number of piperazine rings is 1. The lowest BCUT2D eigenvalue weighted by Gasteiger charge is -2.26. The highest BCUT2D eigenvalue weighted by Crippen LogP contribution is 1.97. The fraction of sp³-hybridized carbons (Fsp3) is 0.909. The van der Waals surface area contributed by atoms with Crippen LogP contribution < -0.4 is 5.32 Å². The van der Waals surface area contributed by atoms with E-state index in [4.69, 9.17) is 4.74 Å². The number of nitrogens with one attached hydrogen (secondary N) is 1. The van der Waals surface area contributed by atoms with Crippen molar-refractivity contribution in [2.24, 2.45) is 0 Å². The number of nitrogens with zero attached hydrogens (tertiary/aromatic N) is 1. The van der Waals surface area contributed by atoms with Crippen molar-refractivity contribution in [3.05, 3.63) is 0 Å². The van der Waals surface area contributed by atoms with E-state index in [1.54, 1.807) is 0 Å². The smallest absolute Gasteiger partial charge is 0.307 e. The first-order chi connectivity index (χ1) is 7.33. The minimum Gasteiger partial charge on any atom is -0.466 e. The van der Waals surface area contributed by atoms with E-state index in [2.05, 4.69) is 17.1 Å². The molecule has 0 radical (unpaired) electrons. The van der Waals surface area contributed by atoms with Gasteiger partial charge in [-0.1, -0.05) is 13.3 Å². The van der Waals surface area contributed by atoms with E-state index in [1.165, 1.54) is 0 Å². The first-order valence-corrected chi connectivity index (χ1v) is 5.91. The van der Waals surface area contributed by atoms with Crippen molar-refractivity contribution in [2.45, 2.75) is 26.2 Å². The number of rotatable bonds is 6. The first-order valence-electron chi connectivity index (χ1n) is 5.91. The Kier molecular flexibility index (Phi) is 6.36. The van der Waals surface area contributed by atoms with Gasteiger partial charge in [0.05, 0.1) is 13.0 Å². The van der Waals surface area contributed by atoms with Gasteiger partial charge >= 0.3 is 5.97 Å². The topological polar surface area (TPSA) is 41.6 Å². The molecule has 0 aromatic heterocycles. The van der Waals surface area contributed by atoms with Gasteiger partial charge in [0.1, 0.15) is 0 Å². The zero-order valence-corrected chi connectivity index (χ0v) is 9.63. The number of hydrogen-bond acceptors (Lipinski definition) is 4. The summed E-state index contributed by atoms with van der Waals surface area (Å²) in [6.45, 7) is 7.67. The Labute approximate surface area is 92.0 Å². The lowest BCUT2D eigenvalue weighted by Crippen LogP contribution is -2.44. The minimum atomic E-state index is -0.0537. The molecule has 1 N–H and O–H groups in total. The van der Waals surface area contributed by atoms with Gasteiger partial charge in [0.25, 0.3) is 0 Å². The number of esters is 1. The molecular weight excluding hydrogens is 192 g/mol. The third-order valence-electron chi connectivity index (χ3n) is 2.60. The van der Waals surface area contributed by atoms with Crippen LogP contribution in [-0.2, 0) is 9.53 Å². The molecule has 88 valence electrons. The summed E-state index contributed by atoms with van der Waals surface area (Å²) in [5.41, 5.74) is 0. The first kappa shape index (κ1) is 12.5. The highest BCUT2D eigenvalue weighted by Gasteiger charge is 2.11. The molecule has 4 heteroatoms. The summed E-state index contributed by atoms with van der Waals surface area (Å²) >= 11 is 0. The van der Waals surface area contributed by atoms with Crippen molar-refractivity contribution in [2.75, 3.05) is 39.3 Å². The molecule has 0 spiro atoms. The third-order valence-corrected chi connectivity index (χ3v) is 2.60. The molecule has 1 saturated heterocycles. The number of carbonyl (C=O) groups excluding carboxylic acids is 1. The van der Waals surface area contributed by atoms with E-state index in [0.717, 1.165) is 45.6 Å². The van der Waals surface area contributed by atoms with E-state index in [-0.39, 0.29) is 5.97 Å². The van der Waals surface area contributed by atoms with Crippen LogP contribution >= 0.6 is 0 Å². The molecule has 0 aromatic rings. The standard InChI is InChI=1S/C11H22N2O2/c1-2-3-10-15-11(14)4-7-13-8-5-12-6-9-13/h12H,2-10H2,1H3. The number of carbonyl (C=O) groups is 1.